The molecule has 0 bridgehead atoms. The Morgan fingerprint density at radius 1 is 1.19 bits per heavy atom. The zero-order valence-electron chi connectivity index (χ0n) is 14.2. The number of nitrogens with zero attached hydrogens (tertiary/aromatic N) is 1. The van der Waals surface area contributed by atoms with E-state index < -0.39 is 35.6 Å². The molecule has 2 unspecified atom stereocenters. The number of hydrogen-bond donors (Lipinski definition) is 2. The molecule has 1 heterocycles. The van der Waals surface area contributed by atoms with Gasteiger partial charge in [0.15, 0.2) is 0 Å². The highest BCUT2D eigenvalue weighted by atomic mass is 79.9. The van der Waals surface area contributed by atoms with Crippen molar-refractivity contribution < 1.29 is 23.5 Å². The molecule has 0 radical (unpaired) electrons. The monoisotopic (exact) mass is 438 g/mol. The third-order valence-corrected chi connectivity index (χ3v) is 4.89. The van der Waals surface area contributed by atoms with E-state index in [0.29, 0.717) is 10.0 Å². The topological polar surface area (TPSA) is 69.6 Å². The van der Waals surface area contributed by atoms with Gasteiger partial charge in [-0.1, -0.05) is 15.9 Å². The summed E-state index contributed by atoms with van der Waals surface area (Å²) in [5.41, 5.74) is 0.522. The van der Waals surface area contributed by atoms with Gasteiger partial charge < -0.3 is 15.3 Å². The second-order valence-electron chi connectivity index (χ2n) is 6.32. The molecular formula is C19H17BrF2N2O3. The lowest BCUT2D eigenvalue weighted by atomic mass is 10.1. The number of amides is 2. The van der Waals surface area contributed by atoms with Crippen molar-refractivity contribution >= 4 is 27.7 Å². The molecule has 1 aliphatic rings. The molecule has 2 amide bonds. The number of likely N-dealkylation sites (tertiary alicyclic amines) is 1. The van der Waals surface area contributed by atoms with Crippen LogP contribution in [0.15, 0.2) is 46.9 Å². The second kappa shape index (κ2) is 8.14. The highest BCUT2D eigenvalue weighted by Crippen LogP contribution is 2.22. The minimum Gasteiger partial charge on any atom is -0.391 e. The van der Waals surface area contributed by atoms with Crippen LogP contribution < -0.4 is 5.32 Å². The number of halogens is 3. The molecule has 2 atom stereocenters. The lowest BCUT2D eigenvalue weighted by Gasteiger charge is -2.24. The van der Waals surface area contributed by atoms with Crippen molar-refractivity contribution in [2.75, 3.05) is 6.54 Å². The smallest absolute Gasteiger partial charge is 0.254 e. The first-order valence-electron chi connectivity index (χ1n) is 8.31. The quantitative estimate of drug-likeness (QED) is 0.770. The minimum atomic E-state index is -0.882. The van der Waals surface area contributed by atoms with E-state index in [-0.39, 0.29) is 25.1 Å². The molecule has 1 saturated heterocycles. The van der Waals surface area contributed by atoms with Crippen LogP contribution in [-0.2, 0) is 11.3 Å². The third kappa shape index (κ3) is 4.51. The van der Waals surface area contributed by atoms with E-state index >= 15 is 0 Å². The largest absolute Gasteiger partial charge is 0.391 e. The van der Waals surface area contributed by atoms with Gasteiger partial charge in [0.1, 0.15) is 17.7 Å². The number of hydrogen-bond acceptors (Lipinski definition) is 3. The van der Waals surface area contributed by atoms with Gasteiger partial charge in [-0.05, 0) is 42.5 Å². The molecule has 2 N–H and O–H groups in total. The van der Waals surface area contributed by atoms with Crippen LogP contribution in [0.5, 0.6) is 0 Å². The lowest BCUT2D eigenvalue weighted by molar-refractivity contribution is -0.125. The van der Waals surface area contributed by atoms with Crippen molar-refractivity contribution in [2.24, 2.45) is 0 Å². The second-order valence-corrected chi connectivity index (χ2v) is 7.24. The summed E-state index contributed by atoms with van der Waals surface area (Å²) in [5, 5.41) is 12.5. The Balaban J connectivity index is 1.71. The summed E-state index contributed by atoms with van der Waals surface area (Å²) < 4.78 is 27.5. The number of rotatable bonds is 4. The molecule has 0 aromatic heterocycles. The normalized spacial score (nSPS) is 19.2. The van der Waals surface area contributed by atoms with Crippen LogP contribution in [0.3, 0.4) is 0 Å². The van der Waals surface area contributed by atoms with E-state index in [9.17, 15) is 23.5 Å². The summed E-state index contributed by atoms with van der Waals surface area (Å²) in [6, 6.07) is 8.48. The number of nitrogens with one attached hydrogen (secondary N) is 1. The van der Waals surface area contributed by atoms with Crippen molar-refractivity contribution in [2.45, 2.75) is 25.1 Å². The van der Waals surface area contributed by atoms with Gasteiger partial charge in [0.05, 0.1) is 6.10 Å². The average Bonchev–Trinajstić information content (AvgIpc) is 3.04. The highest BCUT2D eigenvalue weighted by molar-refractivity contribution is 9.10. The van der Waals surface area contributed by atoms with Crippen molar-refractivity contribution in [3.8, 4) is 0 Å². The number of aliphatic hydroxyl groups is 1. The van der Waals surface area contributed by atoms with Gasteiger partial charge in [-0.2, -0.15) is 0 Å². The summed E-state index contributed by atoms with van der Waals surface area (Å²) in [6.07, 6.45) is -0.757. The molecule has 0 spiro atoms. The number of carbonyl (C=O) groups is 2. The fraction of sp³-hybridized carbons (Fsp3) is 0.263. The van der Waals surface area contributed by atoms with Crippen LogP contribution in [0.4, 0.5) is 8.78 Å². The Morgan fingerprint density at radius 3 is 2.59 bits per heavy atom. The molecular weight excluding hydrogens is 422 g/mol. The van der Waals surface area contributed by atoms with E-state index in [0.717, 1.165) is 12.1 Å². The van der Waals surface area contributed by atoms with Gasteiger partial charge in [0.2, 0.25) is 5.91 Å². The molecule has 27 heavy (non-hydrogen) atoms. The first kappa shape index (κ1) is 19.4. The van der Waals surface area contributed by atoms with E-state index in [1.54, 1.807) is 12.1 Å². The third-order valence-electron chi connectivity index (χ3n) is 4.39. The van der Waals surface area contributed by atoms with Crippen LogP contribution in [0.25, 0.3) is 0 Å². The molecule has 8 heteroatoms. The molecule has 5 nitrogen and oxygen atoms in total. The Morgan fingerprint density at radius 2 is 1.89 bits per heavy atom. The number of β-amino-alcohol motifs (C(OH)–C–C–N with tert-alkyl or cyclic N) is 1. The fourth-order valence-electron chi connectivity index (χ4n) is 3.02. The van der Waals surface area contributed by atoms with Gasteiger partial charge in [-0.3, -0.25) is 9.59 Å². The standard InChI is InChI=1S/C19H17BrF2N2O3/c20-13-3-6-16(22)12(7-13)9-23-18(26)17-8-15(25)10-24(17)19(27)11-1-4-14(21)5-2-11/h1-7,15,17,25H,8-10H2,(H,23,26). The van der Waals surface area contributed by atoms with E-state index in [1.807, 2.05) is 0 Å². The lowest BCUT2D eigenvalue weighted by Crippen LogP contribution is -2.45. The Labute approximate surface area is 163 Å². The minimum absolute atomic E-state index is 0.000454. The SMILES string of the molecule is O=C(NCc1cc(Br)ccc1F)C1CC(O)CN1C(=O)c1ccc(F)cc1. The summed E-state index contributed by atoms with van der Waals surface area (Å²) in [5.74, 6) is -1.88. The van der Waals surface area contributed by atoms with Crippen LogP contribution in [0.2, 0.25) is 0 Å². The Hall–Kier alpha value is -2.32. The summed E-state index contributed by atoms with van der Waals surface area (Å²) in [4.78, 5) is 26.4. The number of aliphatic hydroxyl groups excluding tert-OH is 1. The average molecular weight is 439 g/mol. The summed E-state index contributed by atoms with van der Waals surface area (Å²) >= 11 is 3.25. The molecule has 2 aromatic rings. The van der Waals surface area contributed by atoms with Gasteiger partial charge in [-0.25, -0.2) is 8.78 Å². The highest BCUT2D eigenvalue weighted by Gasteiger charge is 2.39. The first-order chi connectivity index (χ1) is 12.8. The molecule has 3 rings (SSSR count). The summed E-state index contributed by atoms with van der Waals surface area (Å²) in [6.45, 7) is -0.0468. The van der Waals surface area contributed by atoms with Crippen LogP contribution >= 0.6 is 15.9 Å². The van der Waals surface area contributed by atoms with Crippen molar-refractivity contribution in [3.05, 3.63) is 69.7 Å². The Kier molecular flexibility index (Phi) is 5.86. The Bertz CT molecular complexity index is 861. The first-order valence-corrected chi connectivity index (χ1v) is 9.10. The number of carbonyl (C=O) groups excluding carboxylic acids is 2. The van der Waals surface area contributed by atoms with Gasteiger partial charge in [0.25, 0.3) is 5.91 Å². The molecule has 1 fully saturated rings. The van der Waals surface area contributed by atoms with E-state index in [2.05, 4.69) is 21.2 Å². The molecule has 0 saturated carbocycles. The van der Waals surface area contributed by atoms with Crippen LogP contribution in [0, 0.1) is 11.6 Å². The van der Waals surface area contributed by atoms with Gasteiger partial charge in [0, 0.05) is 35.1 Å². The maximum Gasteiger partial charge on any atom is 0.254 e. The van der Waals surface area contributed by atoms with Crippen molar-refractivity contribution in [3.63, 3.8) is 0 Å². The zero-order chi connectivity index (χ0) is 19.6. The van der Waals surface area contributed by atoms with Crippen LogP contribution in [-0.4, -0.2) is 40.5 Å². The predicted octanol–water partition coefficient (Wildman–Crippen LogP) is 2.62. The van der Waals surface area contributed by atoms with Gasteiger partial charge >= 0.3 is 0 Å². The fourth-order valence-corrected chi connectivity index (χ4v) is 3.43. The maximum absolute atomic E-state index is 13.8. The molecule has 2 aromatic carbocycles. The maximum atomic E-state index is 13.8. The zero-order valence-corrected chi connectivity index (χ0v) is 15.7. The van der Waals surface area contributed by atoms with Gasteiger partial charge in [-0.15, -0.1) is 0 Å². The van der Waals surface area contributed by atoms with E-state index in [1.165, 1.54) is 23.1 Å². The summed E-state index contributed by atoms with van der Waals surface area (Å²) in [7, 11) is 0. The van der Waals surface area contributed by atoms with Crippen molar-refractivity contribution in [1.82, 2.24) is 10.2 Å². The number of benzene rings is 2. The predicted molar refractivity (Wildman–Crippen MR) is 97.8 cm³/mol. The van der Waals surface area contributed by atoms with E-state index in [4.69, 9.17) is 0 Å². The molecule has 1 aliphatic heterocycles. The molecule has 142 valence electrons. The van der Waals surface area contributed by atoms with Crippen LogP contribution in [0.1, 0.15) is 22.3 Å². The molecule has 0 aliphatic carbocycles. The van der Waals surface area contributed by atoms with Crippen molar-refractivity contribution in [1.29, 1.82) is 0 Å².